The van der Waals surface area contributed by atoms with E-state index in [-0.39, 0.29) is 36.1 Å². The zero-order valence-electron chi connectivity index (χ0n) is 21.1. The van der Waals surface area contributed by atoms with Crippen molar-refractivity contribution in [3.8, 4) is 0 Å². The minimum Gasteiger partial charge on any atom is -0.479 e. The lowest BCUT2D eigenvalue weighted by atomic mass is 9.65. The SMILES string of the molecule is CC(=O)NCCCS(=O)(=O)OC(C1CCCCC1)C(C)(C)[C@@](O)(COC(=O)c1ccccc1)C(=O)O. The molecule has 202 valence electrons. The van der Waals surface area contributed by atoms with Crippen LogP contribution in [0.3, 0.4) is 0 Å². The Morgan fingerprint density at radius 1 is 1.11 bits per heavy atom. The van der Waals surface area contributed by atoms with Gasteiger partial charge >= 0.3 is 11.9 Å². The van der Waals surface area contributed by atoms with Crippen LogP contribution < -0.4 is 5.32 Å². The number of amides is 1. The second-order valence-corrected chi connectivity index (χ2v) is 11.6. The average molecular weight is 528 g/mol. The third-order valence-corrected chi connectivity index (χ3v) is 8.12. The van der Waals surface area contributed by atoms with E-state index in [2.05, 4.69) is 5.32 Å². The smallest absolute Gasteiger partial charge is 0.340 e. The minimum atomic E-state index is -4.13. The summed E-state index contributed by atoms with van der Waals surface area (Å²) in [6, 6.07) is 7.93. The molecule has 36 heavy (non-hydrogen) atoms. The molecule has 2 rings (SSSR count). The Labute approximate surface area is 212 Å². The van der Waals surface area contributed by atoms with Gasteiger partial charge in [-0.1, -0.05) is 51.3 Å². The molecule has 1 aliphatic rings. The first-order chi connectivity index (χ1) is 16.8. The van der Waals surface area contributed by atoms with Crippen molar-refractivity contribution in [3.63, 3.8) is 0 Å². The monoisotopic (exact) mass is 527 g/mol. The Bertz CT molecular complexity index is 1000. The molecule has 0 heterocycles. The summed E-state index contributed by atoms with van der Waals surface area (Å²) in [5, 5.41) is 23.9. The van der Waals surface area contributed by atoms with Crippen LogP contribution in [0.25, 0.3) is 0 Å². The maximum absolute atomic E-state index is 12.9. The fraction of sp³-hybridized carbons (Fsp3) is 0.640. The molecule has 1 saturated carbocycles. The second kappa shape index (κ2) is 12.6. The molecule has 1 aromatic rings. The predicted octanol–water partition coefficient (Wildman–Crippen LogP) is 2.51. The Kier molecular flexibility index (Phi) is 10.4. The van der Waals surface area contributed by atoms with Crippen LogP contribution in [0.4, 0.5) is 0 Å². The number of carboxylic acid groups (broad SMARTS) is 1. The van der Waals surface area contributed by atoms with Gasteiger partial charge in [-0.15, -0.1) is 0 Å². The molecule has 0 aromatic heterocycles. The molecule has 1 unspecified atom stereocenters. The summed E-state index contributed by atoms with van der Waals surface area (Å²) >= 11 is 0. The highest BCUT2D eigenvalue weighted by molar-refractivity contribution is 7.86. The molecule has 0 spiro atoms. The molecule has 1 fully saturated rings. The van der Waals surface area contributed by atoms with Crippen molar-refractivity contribution in [1.29, 1.82) is 0 Å². The molecule has 1 amide bonds. The van der Waals surface area contributed by atoms with E-state index in [0.29, 0.717) is 12.8 Å². The first-order valence-corrected chi connectivity index (χ1v) is 13.7. The summed E-state index contributed by atoms with van der Waals surface area (Å²) < 4.78 is 36.6. The fourth-order valence-electron chi connectivity index (χ4n) is 4.53. The highest BCUT2D eigenvalue weighted by atomic mass is 32.2. The van der Waals surface area contributed by atoms with Gasteiger partial charge in [0.05, 0.1) is 17.4 Å². The summed E-state index contributed by atoms with van der Waals surface area (Å²) in [7, 11) is -4.13. The Balaban J connectivity index is 2.29. The number of hydrogen-bond acceptors (Lipinski definition) is 8. The largest absolute Gasteiger partial charge is 0.479 e. The van der Waals surface area contributed by atoms with Crippen LogP contribution in [-0.4, -0.2) is 67.1 Å². The van der Waals surface area contributed by atoms with E-state index >= 15 is 0 Å². The van der Waals surface area contributed by atoms with Gasteiger partial charge in [0.1, 0.15) is 6.61 Å². The van der Waals surface area contributed by atoms with Gasteiger partial charge in [-0.2, -0.15) is 8.42 Å². The van der Waals surface area contributed by atoms with E-state index in [0.717, 1.165) is 19.3 Å². The predicted molar refractivity (Wildman–Crippen MR) is 132 cm³/mol. The average Bonchev–Trinajstić information content (AvgIpc) is 2.84. The van der Waals surface area contributed by atoms with Gasteiger partial charge in [0, 0.05) is 18.9 Å². The quantitative estimate of drug-likeness (QED) is 0.199. The second-order valence-electron chi connectivity index (χ2n) is 9.84. The van der Waals surface area contributed by atoms with Crippen molar-refractivity contribution >= 4 is 28.0 Å². The number of aliphatic hydroxyl groups is 1. The van der Waals surface area contributed by atoms with Gasteiger partial charge < -0.3 is 20.3 Å². The number of hydrogen-bond donors (Lipinski definition) is 3. The van der Waals surface area contributed by atoms with Gasteiger partial charge in [0.15, 0.2) is 0 Å². The number of benzene rings is 1. The highest BCUT2D eigenvalue weighted by Gasteiger charge is 2.58. The minimum absolute atomic E-state index is 0.109. The summed E-state index contributed by atoms with van der Waals surface area (Å²) in [6.45, 7) is 3.42. The van der Waals surface area contributed by atoms with E-state index < -0.39 is 45.8 Å². The van der Waals surface area contributed by atoms with Crippen LogP contribution in [0.2, 0.25) is 0 Å². The summed E-state index contributed by atoms with van der Waals surface area (Å²) in [5.74, 6) is -3.46. The number of carbonyl (C=O) groups excluding carboxylic acids is 2. The van der Waals surface area contributed by atoms with E-state index in [1.807, 2.05) is 0 Å². The van der Waals surface area contributed by atoms with E-state index in [4.69, 9.17) is 8.92 Å². The fourth-order valence-corrected chi connectivity index (χ4v) is 5.84. The van der Waals surface area contributed by atoms with Crippen LogP contribution in [0.15, 0.2) is 30.3 Å². The molecule has 3 N–H and O–H groups in total. The van der Waals surface area contributed by atoms with Crippen molar-refractivity contribution in [2.24, 2.45) is 11.3 Å². The lowest BCUT2D eigenvalue weighted by Crippen LogP contribution is -2.62. The lowest BCUT2D eigenvalue weighted by molar-refractivity contribution is -0.195. The number of aliphatic carboxylic acids is 1. The van der Waals surface area contributed by atoms with E-state index in [9.17, 15) is 33.0 Å². The molecule has 2 atom stereocenters. The van der Waals surface area contributed by atoms with Gasteiger partial charge in [0.25, 0.3) is 10.1 Å². The first kappa shape index (κ1) is 29.7. The van der Waals surface area contributed by atoms with Crippen LogP contribution in [-0.2, 0) is 28.6 Å². The van der Waals surface area contributed by atoms with Crippen molar-refractivity contribution in [3.05, 3.63) is 35.9 Å². The highest BCUT2D eigenvalue weighted by Crippen LogP contribution is 2.44. The van der Waals surface area contributed by atoms with E-state index in [1.54, 1.807) is 18.2 Å². The Hall–Kier alpha value is -2.50. The molecule has 0 radical (unpaired) electrons. The van der Waals surface area contributed by atoms with Crippen LogP contribution in [0.1, 0.15) is 69.7 Å². The normalized spacial score (nSPS) is 17.6. The van der Waals surface area contributed by atoms with Gasteiger partial charge in [-0.3, -0.25) is 8.98 Å². The molecular formula is C25H37NO9S. The number of ether oxygens (including phenoxy) is 1. The number of nitrogens with one attached hydrogen (secondary N) is 1. The molecule has 1 aliphatic carbocycles. The maximum Gasteiger partial charge on any atom is 0.340 e. The van der Waals surface area contributed by atoms with Gasteiger partial charge in [-0.05, 0) is 37.3 Å². The van der Waals surface area contributed by atoms with Crippen molar-refractivity contribution in [2.45, 2.75) is 71.0 Å². The van der Waals surface area contributed by atoms with Crippen molar-refractivity contribution < 1.29 is 41.9 Å². The van der Waals surface area contributed by atoms with Crippen LogP contribution >= 0.6 is 0 Å². The first-order valence-electron chi connectivity index (χ1n) is 12.1. The Morgan fingerprint density at radius 2 is 1.72 bits per heavy atom. The molecule has 0 bridgehead atoms. The molecular weight excluding hydrogens is 490 g/mol. The van der Waals surface area contributed by atoms with Crippen LogP contribution in [0, 0.1) is 11.3 Å². The summed E-state index contributed by atoms with van der Waals surface area (Å²) in [6.07, 6.45) is 2.74. The number of carbonyl (C=O) groups is 3. The third kappa shape index (κ3) is 7.75. The molecule has 10 nitrogen and oxygen atoms in total. The molecule has 0 saturated heterocycles. The molecule has 0 aliphatic heterocycles. The van der Waals surface area contributed by atoms with Crippen molar-refractivity contribution in [2.75, 3.05) is 18.9 Å². The third-order valence-electron chi connectivity index (χ3n) is 6.83. The van der Waals surface area contributed by atoms with Gasteiger partial charge in [0.2, 0.25) is 11.5 Å². The zero-order chi connectivity index (χ0) is 27.0. The standard InChI is InChI=1S/C25H37NO9S/c1-18(27)26-15-10-16-36(32,33)35-21(19-11-6-4-7-12-19)24(2,3)25(31,23(29)30)17-34-22(28)20-13-8-5-9-14-20/h5,8-9,13-14,19,21,31H,4,6-7,10-12,15-17H2,1-3H3,(H,26,27)(H,29,30)/t21?,25-/m1/s1. The zero-order valence-corrected chi connectivity index (χ0v) is 21.9. The van der Waals surface area contributed by atoms with Crippen molar-refractivity contribution in [1.82, 2.24) is 5.32 Å². The summed E-state index contributed by atoms with van der Waals surface area (Å²) in [5.41, 5.74) is -4.11. The lowest BCUT2D eigenvalue weighted by Gasteiger charge is -2.46. The number of esters is 1. The molecule has 11 heteroatoms. The maximum atomic E-state index is 12.9. The van der Waals surface area contributed by atoms with Crippen LogP contribution in [0.5, 0.6) is 0 Å². The topological polar surface area (TPSA) is 156 Å². The van der Waals surface area contributed by atoms with E-state index in [1.165, 1.54) is 32.9 Å². The number of carboxylic acids is 1. The number of rotatable bonds is 13. The van der Waals surface area contributed by atoms with Gasteiger partial charge in [-0.25, -0.2) is 9.59 Å². The summed E-state index contributed by atoms with van der Waals surface area (Å²) in [4.78, 5) is 35.9. The molecule has 1 aromatic carbocycles. The Morgan fingerprint density at radius 3 is 2.28 bits per heavy atom.